The Morgan fingerprint density at radius 2 is 1.90 bits per heavy atom. The molecule has 15 heteroatoms. The Morgan fingerprint density at radius 1 is 1.26 bits per heavy atom. The van der Waals surface area contributed by atoms with Gasteiger partial charge in [0.05, 0.1) is 11.2 Å². The summed E-state index contributed by atoms with van der Waals surface area (Å²) in [6.45, 7) is -0.381. The van der Waals surface area contributed by atoms with Gasteiger partial charge in [0, 0.05) is 25.4 Å². The maximum absolute atomic E-state index is 13.2. The molecule has 1 amide bonds. The van der Waals surface area contributed by atoms with Gasteiger partial charge in [-0.05, 0) is 49.7 Å². The van der Waals surface area contributed by atoms with E-state index < -0.39 is 46.6 Å². The molecule has 2 heterocycles. The number of halogens is 6. The van der Waals surface area contributed by atoms with Crippen LogP contribution in [0.1, 0.15) is 61.4 Å². The van der Waals surface area contributed by atoms with E-state index in [1.165, 1.54) is 6.26 Å². The summed E-state index contributed by atoms with van der Waals surface area (Å²) in [4.78, 5) is 21.2. The lowest BCUT2D eigenvalue weighted by Gasteiger charge is -2.27. The summed E-state index contributed by atoms with van der Waals surface area (Å²) in [7, 11) is -3.12. The maximum atomic E-state index is 13.2. The van der Waals surface area contributed by atoms with E-state index in [1.54, 1.807) is 6.92 Å². The molecule has 1 saturated carbocycles. The number of aromatic nitrogens is 3. The van der Waals surface area contributed by atoms with Crippen molar-refractivity contribution in [1.29, 1.82) is 0 Å². The Hall–Kier alpha value is -2.48. The summed E-state index contributed by atoms with van der Waals surface area (Å²) in [6.07, 6.45) is -0.197. The van der Waals surface area contributed by atoms with Crippen LogP contribution in [0.25, 0.3) is 5.82 Å². The average molecular weight is 601 g/mol. The van der Waals surface area contributed by atoms with E-state index in [2.05, 4.69) is 20.0 Å². The molecule has 1 aliphatic rings. The van der Waals surface area contributed by atoms with E-state index in [9.17, 15) is 35.2 Å². The zero-order valence-corrected chi connectivity index (χ0v) is 23.1. The molecule has 218 valence electrons. The fourth-order valence-electron chi connectivity index (χ4n) is 4.54. The number of amides is 1. The highest BCUT2D eigenvalue weighted by Gasteiger charge is 2.36. The SMILES string of the molecule is CCc1nc(C(=O)NCC2CCC(S(C)(=O)=O)CC2)c(Cl)n1-c1ncc(C[C@@H](C)C(F)(F)F)cc1OC(F)F. The number of pyridine rings is 1. The van der Waals surface area contributed by atoms with E-state index in [0.717, 1.165) is 23.8 Å². The van der Waals surface area contributed by atoms with Crippen molar-refractivity contribution in [3.05, 3.63) is 34.5 Å². The summed E-state index contributed by atoms with van der Waals surface area (Å²) in [5, 5.41) is 2.13. The van der Waals surface area contributed by atoms with Crippen LogP contribution in [0.2, 0.25) is 5.15 Å². The maximum Gasteiger partial charge on any atom is 0.391 e. The minimum absolute atomic E-state index is 0.0251. The molecule has 0 radical (unpaired) electrons. The van der Waals surface area contributed by atoms with Gasteiger partial charge in [0.2, 0.25) is 0 Å². The first-order chi connectivity index (χ1) is 18.1. The fourth-order valence-corrected chi connectivity index (χ4v) is 5.97. The van der Waals surface area contributed by atoms with Gasteiger partial charge in [-0.3, -0.25) is 9.36 Å². The van der Waals surface area contributed by atoms with E-state index in [4.69, 9.17) is 11.6 Å². The van der Waals surface area contributed by atoms with Crippen molar-refractivity contribution in [3.8, 4) is 11.6 Å². The fraction of sp³-hybridized carbons (Fsp3) is 0.625. The number of alkyl halides is 5. The first-order valence-corrected chi connectivity index (χ1v) is 14.7. The molecule has 0 spiro atoms. The third-order valence-electron chi connectivity index (χ3n) is 6.79. The van der Waals surface area contributed by atoms with Crippen molar-refractivity contribution >= 4 is 27.3 Å². The molecule has 39 heavy (non-hydrogen) atoms. The molecule has 0 bridgehead atoms. The highest BCUT2D eigenvalue weighted by atomic mass is 35.5. The number of hydrogen-bond acceptors (Lipinski definition) is 6. The van der Waals surface area contributed by atoms with Crippen LogP contribution in [-0.2, 0) is 22.7 Å². The third kappa shape index (κ3) is 7.80. The summed E-state index contributed by atoms with van der Waals surface area (Å²) in [5.41, 5.74) is -0.157. The van der Waals surface area contributed by atoms with Gasteiger partial charge in [-0.25, -0.2) is 18.4 Å². The van der Waals surface area contributed by atoms with Crippen molar-refractivity contribution < 1.29 is 39.9 Å². The molecule has 0 saturated heterocycles. The molecule has 0 aromatic carbocycles. The van der Waals surface area contributed by atoms with Gasteiger partial charge in [0.25, 0.3) is 5.91 Å². The van der Waals surface area contributed by atoms with Crippen molar-refractivity contribution in [2.45, 2.75) is 70.4 Å². The first-order valence-electron chi connectivity index (χ1n) is 12.4. The van der Waals surface area contributed by atoms with Gasteiger partial charge >= 0.3 is 12.8 Å². The molecule has 0 aliphatic heterocycles. The van der Waals surface area contributed by atoms with Crippen molar-refractivity contribution in [3.63, 3.8) is 0 Å². The number of imidazole rings is 1. The van der Waals surface area contributed by atoms with Crippen molar-refractivity contribution in [1.82, 2.24) is 19.9 Å². The minimum atomic E-state index is -4.49. The largest absolute Gasteiger partial charge is 0.431 e. The number of nitrogens with one attached hydrogen (secondary N) is 1. The second kappa shape index (κ2) is 12.4. The predicted molar refractivity (Wildman–Crippen MR) is 134 cm³/mol. The van der Waals surface area contributed by atoms with Crippen LogP contribution in [0.3, 0.4) is 0 Å². The van der Waals surface area contributed by atoms with Gasteiger partial charge in [-0.2, -0.15) is 22.0 Å². The van der Waals surface area contributed by atoms with Crippen molar-refractivity contribution in [2.75, 3.05) is 12.8 Å². The summed E-state index contributed by atoms with van der Waals surface area (Å²) in [6, 6.07) is 1.04. The number of carbonyl (C=O) groups is 1. The molecule has 8 nitrogen and oxygen atoms in total. The standard InChI is InChI=1S/C24H30ClF5N4O4S/c1-4-18-33-19(22(35)32-11-14-5-7-16(8-6-14)39(3,36)37)20(25)34(18)21-17(38-23(26)27)10-15(12-31-21)9-13(2)24(28,29)30/h10,12-14,16,23H,4-9,11H2,1-3H3,(H,32,35)/t13-,14?,16?/m1/s1. The molecular formula is C24H30ClF5N4O4S. The summed E-state index contributed by atoms with van der Waals surface area (Å²) in [5.74, 6) is -2.86. The minimum Gasteiger partial charge on any atom is -0.431 e. The number of ether oxygens (including phenoxy) is 1. The predicted octanol–water partition coefficient (Wildman–Crippen LogP) is 5.16. The quantitative estimate of drug-likeness (QED) is 0.378. The zero-order valence-electron chi connectivity index (χ0n) is 21.6. The highest BCUT2D eigenvalue weighted by molar-refractivity contribution is 7.91. The average Bonchev–Trinajstić information content (AvgIpc) is 3.17. The summed E-state index contributed by atoms with van der Waals surface area (Å²) >= 11 is 6.46. The number of nitrogens with zero attached hydrogens (tertiary/aromatic N) is 3. The number of rotatable bonds is 10. The van der Waals surface area contributed by atoms with Gasteiger partial charge in [-0.15, -0.1) is 0 Å². The van der Waals surface area contributed by atoms with Crippen LogP contribution in [0.15, 0.2) is 12.3 Å². The van der Waals surface area contributed by atoms with E-state index in [1.807, 2.05) is 0 Å². The molecule has 0 unspecified atom stereocenters. The molecular weight excluding hydrogens is 571 g/mol. The Labute approximate surface area is 228 Å². The van der Waals surface area contributed by atoms with Crippen LogP contribution < -0.4 is 10.1 Å². The molecule has 1 fully saturated rings. The van der Waals surface area contributed by atoms with Crippen LogP contribution in [0.4, 0.5) is 22.0 Å². The molecule has 1 N–H and O–H groups in total. The van der Waals surface area contributed by atoms with Gasteiger partial charge < -0.3 is 10.1 Å². The molecule has 2 aromatic heterocycles. The third-order valence-corrected chi connectivity index (χ3v) is 8.82. The smallest absolute Gasteiger partial charge is 0.391 e. The molecule has 2 aromatic rings. The first kappa shape index (κ1) is 31.1. The van der Waals surface area contributed by atoms with Gasteiger partial charge in [-0.1, -0.05) is 25.4 Å². The number of sulfone groups is 1. The number of carbonyl (C=O) groups excluding carboxylic acids is 1. The number of aryl methyl sites for hydroxylation is 1. The lowest BCUT2D eigenvalue weighted by molar-refractivity contribution is -0.169. The Balaban J connectivity index is 1.83. The van der Waals surface area contributed by atoms with Crippen LogP contribution >= 0.6 is 11.6 Å². The highest BCUT2D eigenvalue weighted by Crippen LogP contribution is 2.34. The van der Waals surface area contributed by atoms with Crippen LogP contribution in [0, 0.1) is 11.8 Å². The van der Waals surface area contributed by atoms with E-state index in [-0.39, 0.29) is 52.2 Å². The van der Waals surface area contributed by atoms with E-state index >= 15 is 0 Å². The topological polar surface area (TPSA) is 103 Å². The second-order valence-electron chi connectivity index (χ2n) is 9.73. The normalized spacial score (nSPS) is 19.2. The lowest BCUT2D eigenvalue weighted by Crippen LogP contribution is -2.34. The molecule has 1 aliphatic carbocycles. The Morgan fingerprint density at radius 3 is 2.44 bits per heavy atom. The monoisotopic (exact) mass is 600 g/mol. The summed E-state index contributed by atoms with van der Waals surface area (Å²) < 4.78 is 94.6. The van der Waals surface area contributed by atoms with Crippen molar-refractivity contribution in [2.24, 2.45) is 11.8 Å². The Kier molecular flexibility index (Phi) is 9.84. The van der Waals surface area contributed by atoms with E-state index in [0.29, 0.717) is 25.7 Å². The lowest BCUT2D eigenvalue weighted by atomic mass is 9.89. The second-order valence-corrected chi connectivity index (χ2v) is 12.4. The van der Waals surface area contributed by atoms with Gasteiger partial charge in [0.1, 0.15) is 20.8 Å². The zero-order chi connectivity index (χ0) is 29.1. The molecule has 1 atom stereocenters. The number of hydrogen-bond donors (Lipinski definition) is 1. The Bertz CT molecular complexity index is 1280. The van der Waals surface area contributed by atoms with Crippen LogP contribution in [-0.4, -0.2) is 59.7 Å². The van der Waals surface area contributed by atoms with Gasteiger partial charge in [0.15, 0.2) is 17.3 Å². The van der Waals surface area contributed by atoms with Crippen LogP contribution in [0.5, 0.6) is 5.75 Å². The molecule has 3 rings (SSSR count).